The molecule has 0 aliphatic rings. The van der Waals surface area contributed by atoms with E-state index >= 15 is 0 Å². The molecule has 0 saturated carbocycles. The number of aromatic nitrogens is 3. The van der Waals surface area contributed by atoms with Gasteiger partial charge in [0.1, 0.15) is 5.75 Å². The van der Waals surface area contributed by atoms with Gasteiger partial charge in [0.2, 0.25) is 5.91 Å². The van der Waals surface area contributed by atoms with Crippen LogP contribution in [0.25, 0.3) is 0 Å². The smallest absolute Gasteiger partial charge is 0.234 e. The van der Waals surface area contributed by atoms with Crippen molar-refractivity contribution in [3.05, 3.63) is 63.9 Å². The fraction of sp³-hybridized carbons (Fsp3) is 0.348. The second kappa shape index (κ2) is 10.2. The fourth-order valence-corrected chi connectivity index (χ4v) is 4.07. The number of nitrogens with one attached hydrogen (secondary N) is 1. The highest BCUT2D eigenvalue weighted by molar-refractivity contribution is 7.99. The number of rotatable bonds is 8. The minimum absolute atomic E-state index is 0.0770. The molecule has 0 bridgehead atoms. The zero-order chi connectivity index (χ0) is 22.5. The van der Waals surface area contributed by atoms with Gasteiger partial charge < -0.3 is 14.6 Å². The fourth-order valence-electron chi connectivity index (χ4n) is 3.14. The maximum Gasteiger partial charge on any atom is 0.234 e. The molecule has 0 radical (unpaired) electrons. The summed E-state index contributed by atoms with van der Waals surface area (Å²) in [4.78, 5) is 12.5. The predicted molar refractivity (Wildman–Crippen MR) is 126 cm³/mol. The first-order chi connectivity index (χ1) is 14.8. The van der Waals surface area contributed by atoms with Crippen molar-refractivity contribution in [2.24, 2.45) is 0 Å². The first kappa shape index (κ1) is 23.2. The van der Waals surface area contributed by atoms with Crippen molar-refractivity contribution in [1.82, 2.24) is 14.8 Å². The van der Waals surface area contributed by atoms with E-state index in [-0.39, 0.29) is 17.8 Å². The summed E-state index contributed by atoms with van der Waals surface area (Å²) in [5.41, 5.74) is 3.93. The molecule has 3 aromatic rings. The molecule has 6 nitrogen and oxygen atoms in total. The minimum Gasteiger partial charge on any atom is -0.483 e. The summed E-state index contributed by atoms with van der Waals surface area (Å²) in [5, 5.41) is 13.0. The Balaban J connectivity index is 1.65. The highest BCUT2D eigenvalue weighted by atomic mass is 35.5. The summed E-state index contributed by atoms with van der Waals surface area (Å²) in [6, 6.07) is 11.6. The molecular formula is C23H27ClN4O2S. The second-order valence-electron chi connectivity index (χ2n) is 7.41. The van der Waals surface area contributed by atoms with Crippen molar-refractivity contribution < 1.29 is 9.53 Å². The largest absolute Gasteiger partial charge is 0.483 e. The van der Waals surface area contributed by atoms with Crippen molar-refractivity contribution in [1.29, 1.82) is 0 Å². The van der Waals surface area contributed by atoms with Crippen LogP contribution in [-0.2, 0) is 11.3 Å². The minimum atomic E-state index is -0.300. The van der Waals surface area contributed by atoms with Gasteiger partial charge in [0, 0.05) is 17.3 Å². The molecule has 1 amide bonds. The quantitative estimate of drug-likeness (QED) is 0.435. The topological polar surface area (TPSA) is 69.0 Å². The van der Waals surface area contributed by atoms with Crippen LogP contribution in [0.1, 0.15) is 42.5 Å². The van der Waals surface area contributed by atoms with Crippen molar-refractivity contribution in [3.63, 3.8) is 0 Å². The molecule has 8 heteroatoms. The first-order valence-electron chi connectivity index (χ1n) is 10.1. The lowest BCUT2D eigenvalue weighted by molar-refractivity contribution is -0.113. The Labute approximate surface area is 192 Å². The predicted octanol–water partition coefficient (Wildman–Crippen LogP) is 5.75. The molecule has 164 valence electrons. The SMILES string of the molecule is CCn1c(SCC(=O)Nc2cc(C)ccc2C)nnc1C(C)Oc1ccc(Cl)c(C)c1. The van der Waals surface area contributed by atoms with Gasteiger partial charge in [0.25, 0.3) is 0 Å². The number of amides is 1. The number of carbonyl (C=O) groups is 1. The maximum absolute atomic E-state index is 12.5. The van der Waals surface area contributed by atoms with Crippen molar-refractivity contribution in [2.75, 3.05) is 11.1 Å². The molecule has 1 unspecified atom stereocenters. The lowest BCUT2D eigenvalue weighted by atomic mass is 10.1. The van der Waals surface area contributed by atoms with E-state index in [9.17, 15) is 4.79 Å². The average molecular weight is 459 g/mol. The standard InChI is InChI=1S/C23H27ClN4O2S/c1-6-28-22(17(5)30-18-9-10-19(24)16(4)12-18)26-27-23(28)31-13-21(29)25-20-11-14(2)7-8-15(20)3/h7-12,17H,6,13H2,1-5H3,(H,25,29). The Kier molecular flexibility index (Phi) is 7.62. The molecule has 0 saturated heterocycles. The third-order valence-corrected chi connectivity index (χ3v) is 6.26. The number of thioether (sulfide) groups is 1. The highest BCUT2D eigenvalue weighted by Crippen LogP contribution is 2.27. The molecule has 1 aromatic heterocycles. The van der Waals surface area contributed by atoms with Gasteiger partial charge in [-0.05, 0) is 75.6 Å². The summed E-state index contributed by atoms with van der Waals surface area (Å²) >= 11 is 7.46. The van der Waals surface area contributed by atoms with Crippen LogP contribution in [0, 0.1) is 20.8 Å². The molecule has 31 heavy (non-hydrogen) atoms. The zero-order valence-electron chi connectivity index (χ0n) is 18.4. The van der Waals surface area contributed by atoms with Gasteiger partial charge in [-0.2, -0.15) is 0 Å². The van der Waals surface area contributed by atoms with Crippen molar-refractivity contribution in [3.8, 4) is 5.75 Å². The molecule has 2 aromatic carbocycles. The van der Waals surface area contributed by atoms with Gasteiger partial charge in [-0.25, -0.2) is 0 Å². The van der Waals surface area contributed by atoms with E-state index in [1.807, 2.05) is 75.6 Å². The molecule has 3 rings (SSSR count). The van der Waals surface area contributed by atoms with E-state index in [1.54, 1.807) is 0 Å². The summed E-state index contributed by atoms with van der Waals surface area (Å²) in [7, 11) is 0. The molecule has 1 atom stereocenters. The van der Waals surface area contributed by atoms with Gasteiger partial charge in [-0.3, -0.25) is 4.79 Å². The van der Waals surface area contributed by atoms with Gasteiger partial charge >= 0.3 is 0 Å². The first-order valence-corrected chi connectivity index (χ1v) is 11.5. The number of anilines is 1. The van der Waals surface area contributed by atoms with Crippen molar-refractivity contribution in [2.45, 2.75) is 52.4 Å². The van der Waals surface area contributed by atoms with Gasteiger partial charge in [0.15, 0.2) is 17.1 Å². The maximum atomic E-state index is 12.5. The van der Waals surface area contributed by atoms with Gasteiger partial charge in [-0.15, -0.1) is 10.2 Å². The summed E-state index contributed by atoms with van der Waals surface area (Å²) < 4.78 is 8.03. The zero-order valence-corrected chi connectivity index (χ0v) is 20.0. The lowest BCUT2D eigenvalue weighted by Crippen LogP contribution is -2.16. The lowest BCUT2D eigenvalue weighted by Gasteiger charge is -2.16. The van der Waals surface area contributed by atoms with Gasteiger partial charge in [0.05, 0.1) is 5.75 Å². The third-order valence-electron chi connectivity index (χ3n) is 4.87. The Morgan fingerprint density at radius 2 is 1.94 bits per heavy atom. The number of hydrogen-bond donors (Lipinski definition) is 1. The van der Waals surface area contributed by atoms with Crippen LogP contribution < -0.4 is 10.1 Å². The molecule has 0 aliphatic carbocycles. The van der Waals surface area contributed by atoms with Gasteiger partial charge in [-0.1, -0.05) is 35.5 Å². The van der Waals surface area contributed by atoms with Crippen LogP contribution in [0.15, 0.2) is 41.6 Å². The Hall–Kier alpha value is -2.51. The summed E-state index contributed by atoms with van der Waals surface area (Å²) in [5.74, 6) is 1.61. The second-order valence-corrected chi connectivity index (χ2v) is 8.76. The Bertz CT molecular complexity index is 1080. The number of carbonyl (C=O) groups excluding carboxylic acids is 1. The number of halogens is 1. The molecule has 0 fully saturated rings. The Morgan fingerprint density at radius 1 is 1.16 bits per heavy atom. The van der Waals surface area contributed by atoms with Crippen LogP contribution in [-0.4, -0.2) is 26.4 Å². The van der Waals surface area contributed by atoms with E-state index < -0.39 is 0 Å². The molecule has 0 aliphatic heterocycles. The van der Waals surface area contributed by atoms with E-state index in [0.29, 0.717) is 22.5 Å². The van der Waals surface area contributed by atoms with E-state index in [1.165, 1.54) is 11.8 Å². The number of nitrogens with zero attached hydrogens (tertiary/aromatic N) is 3. The normalized spacial score (nSPS) is 11.9. The summed E-state index contributed by atoms with van der Waals surface area (Å²) in [6.45, 7) is 10.5. The van der Waals surface area contributed by atoms with Crippen LogP contribution in [0.2, 0.25) is 5.02 Å². The van der Waals surface area contributed by atoms with Crippen LogP contribution >= 0.6 is 23.4 Å². The van der Waals surface area contributed by atoms with E-state index in [0.717, 1.165) is 28.1 Å². The number of ether oxygens (including phenoxy) is 1. The van der Waals surface area contributed by atoms with Crippen molar-refractivity contribution >= 4 is 35.0 Å². The average Bonchev–Trinajstić information content (AvgIpc) is 3.15. The van der Waals surface area contributed by atoms with Crippen LogP contribution in [0.4, 0.5) is 5.69 Å². The number of aryl methyl sites for hydroxylation is 3. The molecular weight excluding hydrogens is 432 g/mol. The molecule has 1 heterocycles. The van der Waals surface area contributed by atoms with E-state index in [4.69, 9.17) is 16.3 Å². The highest BCUT2D eigenvalue weighted by Gasteiger charge is 2.20. The van der Waals surface area contributed by atoms with Crippen LogP contribution in [0.3, 0.4) is 0 Å². The number of benzene rings is 2. The third kappa shape index (κ3) is 5.80. The Morgan fingerprint density at radius 3 is 2.65 bits per heavy atom. The molecule has 1 N–H and O–H groups in total. The van der Waals surface area contributed by atoms with E-state index in [2.05, 4.69) is 15.5 Å². The van der Waals surface area contributed by atoms with Crippen LogP contribution in [0.5, 0.6) is 5.75 Å². The number of hydrogen-bond acceptors (Lipinski definition) is 5. The monoisotopic (exact) mass is 458 g/mol. The summed E-state index contributed by atoms with van der Waals surface area (Å²) in [6.07, 6.45) is -0.300. The molecule has 0 spiro atoms.